The van der Waals surface area contributed by atoms with Crippen LogP contribution in [0.2, 0.25) is 0 Å². The second-order valence-corrected chi connectivity index (χ2v) is 6.04. The summed E-state index contributed by atoms with van der Waals surface area (Å²) in [7, 11) is -2.95. The van der Waals surface area contributed by atoms with Gasteiger partial charge in [0.1, 0.15) is 0 Å². The molecule has 1 amide bonds. The van der Waals surface area contributed by atoms with Crippen molar-refractivity contribution in [2.45, 2.75) is 12.5 Å². The number of amides is 1. The molecule has 6 heteroatoms. The van der Waals surface area contributed by atoms with Crippen molar-refractivity contribution in [2.75, 3.05) is 11.5 Å². The average molecular weight is 240 g/mol. The molecule has 0 aromatic carbocycles. The first-order chi connectivity index (χ1) is 7.57. The normalized spacial score (nSPS) is 22.9. The molecule has 1 aliphatic heterocycles. The third kappa shape index (κ3) is 2.57. The predicted octanol–water partition coefficient (Wildman–Crippen LogP) is -0.00150. The highest BCUT2D eigenvalue weighted by atomic mass is 32.2. The summed E-state index contributed by atoms with van der Waals surface area (Å²) in [4.78, 5) is 15.5. The average Bonchev–Trinajstić information content (AvgIpc) is 2.59. The molecule has 0 aliphatic carbocycles. The summed E-state index contributed by atoms with van der Waals surface area (Å²) in [6.45, 7) is 0. The van der Waals surface area contributed by atoms with E-state index in [1.807, 2.05) is 0 Å². The van der Waals surface area contributed by atoms with E-state index in [4.69, 9.17) is 0 Å². The second kappa shape index (κ2) is 4.21. The van der Waals surface area contributed by atoms with Gasteiger partial charge in [-0.1, -0.05) is 0 Å². The maximum atomic E-state index is 11.7. The number of carbonyl (C=O) groups excluding carboxylic acids is 1. The lowest BCUT2D eigenvalue weighted by Crippen LogP contribution is -2.35. The second-order valence-electron chi connectivity index (χ2n) is 3.81. The summed E-state index contributed by atoms with van der Waals surface area (Å²) in [6, 6.07) is 2.93. The van der Waals surface area contributed by atoms with Crippen molar-refractivity contribution < 1.29 is 13.2 Å². The van der Waals surface area contributed by atoms with Crippen LogP contribution >= 0.6 is 0 Å². The van der Waals surface area contributed by atoms with Crippen molar-refractivity contribution in [3.63, 3.8) is 0 Å². The number of sulfone groups is 1. The molecular weight excluding hydrogens is 228 g/mol. The molecule has 0 radical (unpaired) electrons. The molecular formula is C10H12N2O3S. The Hall–Kier alpha value is -1.43. The molecule has 1 aliphatic rings. The first-order valence-corrected chi connectivity index (χ1v) is 6.80. The van der Waals surface area contributed by atoms with Gasteiger partial charge >= 0.3 is 0 Å². The third-order valence-electron chi connectivity index (χ3n) is 2.51. The number of aromatic nitrogens is 1. The Bertz CT molecular complexity index is 484. The fourth-order valence-corrected chi connectivity index (χ4v) is 3.35. The van der Waals surface area contributed by atoms with Gasteiger partial charge in [0.05, 0.1) is 11.5 Å². The summed E-state index contributed by atoms with van der Waals surface area (Å²) >= 11 is 0. The topological polar surface area (TPSA) is 76.1 Å². The van der Waals surface area contributed by atoms with Gasteiger partial charge in [0.2, 0.25) is 0 Å². The Morgan fingerprint density at radius 2 is 2.06 bits per heavy atom. The number of hydrogen-bond acceptors (Lipinski definition) is 4. The Labute approximate surface area is 93.8 Å². The SMILES string of the molecule is O=C(N[C@@H]1CCS(=O)(=O)C1)c1ccncc1. The zero-order valence-electron chi connectivity index (χ0n) is 8.59. The van der Waals surface area contributed by atoms with Crippen molar-refractivity contribution in [2.24, 2.45) is 0 Å². The van der Waals surface area contributed by atoms with Gasteiger partial charge in [0, 0.05) is 24.0 Å². The number of nitrogens with one attached hydrogen (secondary N) is 1. The minimum Gasteiger partial charge on any atom is -0.348 e. The zero-order valence-corrected chi connectivity index (χ0v) is 9.40. The number of pyridine rings is 1. The van der Waals surface area contributed by atoms with Crippen LogP contribution in [0.1, 0.15) is 16.8 Å². The monoisotopic (exact) mass is 240 g/mol. The van der Waals surface area contributed by atoms with Crippen LogP contribution in [0.5, 0.6) is 0 Å². The van der Waals surface area contributed by atoms with E-state index in [2.05, 4.69) is 10.3 Å². The molecule has 0 unspecified atom stereocenters. The highest BCUT2D eigenvalue weighted by molar-refractivity contribution is 7.91. The Morgan fingerprint density at radius 1 is 1.38 bits per heavy atom. The molecule has 1 N–H and O–H groups in total. The van der Waals surface area contributed by atoms with Crippen LogP contribution in [0.15, 0.2) is 24.5 Å². The summed E-state index contributed by atoms with van der Waals surface area (Å²) in [5, 5.41) is 2.70. The van der Waals surface area contributed by atoms with E-state index in [1.54, 1.807) is 12.1 Å². The van der Waals surface area contributed by atoms with Gasteiger partial charge in [0.25, 0.3) is 5.91 Å². The molecule has 1 aromatic rings. The Balaban J connectivity index is 1.99. The molecule has 5 nitrogen and oxygen atoms in total. The van der Waals surface area contributed by atoms with Gasteiger partial charge in [-0.2, -0.15) is 0 Å². The summed E-state index contributed by atoms with van der Waals surface area (Å²) in [6.07, 6.45) is 3.56. The van der Waals surface area contributed by atoms with Gasteiger partial charge in [-0.25, -0.2) is 8.42 Å². The molecule has 1 fully saturated rings. The van der Waals surface area contributed by atoms with Crippen LogP contribution in [0, 0.1) is 0 Å². The lowest BCUT2D eigenvalue weighted by molar-refractivity contribution is 0.0941. The zero-order chi connectivity index (χ0) is 11.6. The van der Waals surface area contributed by atoms with Crippen molar-refractivity contribution in [1.29, 1.82) is 0 Å². The van der Waals surface area contributed by atoms with Crippen LogP contribution in [-0.4, -0.2) is 36.9 Å². The molecule has 86 valence electrons. The van der Waals surface area contributed by atoms with E-state index in [1.165, 1.54) is 12.4 Å². The smallest absolute Gasteiger partial charge is 0.251 e. The molecule has 1 atom stereocenters. The van der Waals surface area contributed by atoms with Crippen LogP contribution in [-0.2, 0) is 9.84 Å². The highest BCUT2D eigenvalue weighted by Gasteiger charge is 2.28. The van der Waals surface area contributed by atoms with Gasteiger partial charge in [-0.05, 0) is 18.6 Å². The van der Waals surface area contributed by atoms with Gasteiger partial charge < -0.3 is 5.32 Å². The maximum Gasteiger partial charge on any atom is 0.251 e. The van der Waals surface area contributed by atoms with E-state index in [0.717, 1.165) is 0 Å². The summed E-state index contributed by atoms with van der Waals surface area (Å²) in [5.41, 5.74) is 0.499. The van der Waals surface area contributed by atoms with Crippen LogP contribution in [0.3, 0.4) is 0 Å². The van der Waals surface area contributed by atoms with E-state index in [-0.39, 0.29) is 23.5 Å². The first-order valence-electron chi connectivity index (χ1n) is 4.98. The molecule has 1 saturated heterocycles. The van der Waals surface area contributed by atoms with Crippen LogP contribution in [0.25, 0.3) is 0 Å². The van der Waals surface area contributed by atoms with Gasteiger partial charge in [-0.3, -0.25) is 9.78 Å². The van der Waals surface area contributed by atoms with Crippen molar-refractivity contribution in [1.82, 2.24) is 10.3 Å². The molecule has 16 heavy (non-hydrogen) atoms. The van der Waals surface area contributed by atoms with E-state index < -0.39 is 9.84 Å². The number of nitrogens with zero attached hydrogens (tertiary/aromatic N) is 1. The van der Waals surface area contributed by atoms with Crippen molar-refractivity contribution in [3.05, 3.63) is 30.1 Å². The Kier molecular flexibility index (Phi) is 2.91. The summed E-state index contributed by atoms with van der Waals surface area (Å²) in [5.74, 6) is -0.0394. The number of rotatable bonds is 2. The molecule has 1 aromatic heterocycles. The molecule has 2 rings (SSSR count). The standard InChI is InChI=1S/C10H12N2O3S/c13-10(8-1-4-11-5-2-8)12-9-3-6-16(14,15)7-9/h1-2,4-5,9H,3,6-7H2,(H,12,13)/t9-/m1/s1. The first kappa shape index (κ1) is 11.1. The lowest BCUT2D eigenvalue weighted by atomic mass is 10.2. The molecule has 0 saturated carbocycles. The van der Waals surface area contributed by atoms with Crippen molar-refractivity contribution >= 4 is 15.7 Å². The van der Waals surface area contributed by atoms with Gasteiger partial charge in [-0.15, -0.1) is 0 Å². The van der Waals surface area contributed by atoms with E-state index >= 15 is 0 Å². The quantitative estimate of drug-likeness (QED) is 0.789. The predicted molar refractivity (Wildman–Crippen MR) is 58.8 cm³/mol. The minimum atomic E-state index is -2.95. The van der Waals surface area contributed by atoms with E-state index in [0.29, 0.717) is 12.0 Å². The Morgan fingerprint density at radius 3 is 2.62 bits per heavy atom. The lowest BCUT2D eigenvalue weighted by Gasteiger charge is -2.10. The van der Waals surface area contributed by atoms with Crippen molar-refractivity contribution in [3.8, 4) is 0 Å². The van der Waals surface area contributed by atoms with Crippen LogP contribution in [0.4, 0.5) is 0 Å². The van der Waals surface area contributed by atoms with E-state index in [9.17, 15) is 13.2 Å². The number of hydrogen-bond donors (Lipinski definition) is 1. The van der Waals surface area contributed by atoms with Gasteiger partial charge in [0.15, 0.2) is 9.84 Å². The summed E-state index contributed by atoms with van der Waals surface area (Å²) < 4.78 is 22.4. The largest absolute Gasteiger partial charge is 0.348 e. The van der Waals surface area contributed by atoms with Crippen LogP contribution < -0.4 is 5.32 Å². The number of carbonyl (C=O) groups is 1. The fraction of sp³-hybridized carbons (Fsp3) is 0.400. The maximum absolute atomic E-state index is 11.7. The fourth-order valence-electron chi connectivity index (χ4n) is 1.68. The molecule has 2 heterocycles. The molecule has 0 spiro atoms. The minimum absolute atomic E-state index is 0.0455. The molecule has 0 bridgehead atoms. The highest BCUT2D eigenvalue weighted by Crippen LogP contribution is 2.11. The third-order valence-corrected chi connectivity index (χ3v) is 4.28.